The number of benzene rings is 1. The lowest BCUT2D eigenvalue weighted by Gasteiger charge is -2.20. The lowest BCUT2D eigenvalue weighted by molar-refractivity contribution is 0.0704. The van der Waals surface area contributed by atoms with Gasteiger partial charge in [-0.05, 0) is 31.7 Å². The lowest BCUT2D eigenvalue weighted by Crippen LogP contribution is -2.31. The third kappa shape index (κ3) is 2.69. The number of carbonyl (C=O) groups is 1. The Labute approximate surface area is 150 Å². The Morgan fingerprint density at radius 2 is 2.04 bits per heavy atom. The van der Waals surface area contributed by atoms with E-state index in [0.29, 0.717) is 24.0 Å². The van der Waals surface area contributed by atoms with Crippen LogP contribution in [-0.4, -0.2) is 37.7 Å². The van der Waals surface area contributed by atoms with Crippen LogP contribution in [0.1, 0.15) is 59.8 Å². The van der Waals surface area contributed by atoms with E-state index < -0.39 is 0 Å². The lowest BCUT2D eigenvalue weighted by atomic mass is 10.1. The second-order valence-corrected chi connectivity index (χ2v) is 6.95. The van der Waals surface area contributed by atoms with Crippen LogP contribution < -0.4 is 0 Å². The van der Waals surface area contributed by atoms with E-state index >= 15 is 0 Å². The van der Waals surface area contributed by atoms with Gasteiger partial charge in [-0.1, -0.05) is 35.5 Å². The summed E-state index contributed by atoms with van der Waals surface area (Å²) in [7, 11) is 0. The molecule has 1 N–H and O–H groups in total. The van der Waals surface area contributed by atoms with Crippen LogP contribution in [0.15, 0.2) is 40.9 Å². The van der Waals surface area contributed by atoms with Gasteiger partial charge in [0, 0.05) is 18.0 Å². The molecule has 1 unspecified atom stereocenters. The smallest absolute Gasteiger partial charge is 0.272 e. The van der Waals surface area contributed by atoms with Gasteiger partial charge >= 0.3 is 0 Å². The first-order chi connectivity index (χ1) is 12.8. The monoisotopic (exact) mass is 349 g/mol. The van der Waals surface area contributed by atoms with Crippen LogP contribution in [0.3, 0.4) is 0 Å². The predicted octanol–water partition coefficient (Wildman–Crippen LogP) is 3.31. The molecule has 2 aromatic heterocycles. The van der Waals surface area contributed by atoms with Crippen LogP contribution in [0, 0.1) is 0 Å². The largest absolute Gasteiger partial charge is 0.337 e. The molecule has 7 nitrogen and oxygen atoms in total. The molecule has 1 aliphatic heterocycles. The highest BCUT2D eigenvalue weighted by molar-refractivity contribution is 5.93. The van der Waals surface area contributed by atoms with Gasteiger partial charge in [0.2, 0.25) is 5.89 Å². The van der Waals surface area contributed by atoms with E-state index in [9.17, 15) is 4.79 Å². The molecule has 0 bridgehead atoms. The van der Waals surface area contributed by atoms with Crippen LogP contribution in [0.5, 0.6) is 0 Å². The zero-order chi connectivity index (χ0) is 17.5. The number of nitrogens with one attached hydrogen (secondary N) is 1. The molecule has 3 aromatic rings. The van der Waals surface area contributed by atoms with Crippen molar-refractivity contribution in [3.63, 3.8) is 0 Å². The third-order valence-electron chi connectivity index (χ3n) is 5.08. The summed E-state index contributed by atoms with van der Waals surface area (Å²) in [6.07, 6.45) is 4.03. The van der Waals surface area contributed by atoms with Gasteiger partial charge in [-0.25, -0.2) is 0 Å². The highest BCUT2D eigenvalue weighted by Gasteiger charge is 2.37. The zero-order valence-electron chi connectivity index (χ0n) is 14.3. The molecule has 3 heterocycles. The van der Waals surface area contributed by atoms with Gasteiger partial charge in [0.1, 0.15) is 11.7 Å². The van der Waals surface area contributed by atoms with Gasteiger partial charge in [0.15, 0.2) is 5.82 Å². The Morgan fingerprint density at radius 1 is 1.19 bits per heavy atom. The molecule has 0 radical (unpaired) electrons. The zero-order valence-corrected chi connectivity index (χ0v) is 14.3. The maximum atomic E-state index is 13.0. The molecule has 1 saturated carbocycles. The molecule has 7 heteroatoms. The minimum absolute atomic E-state index is 0.0756. The van der Waals surface area contributed by atoms with E-state index in [4.69, 9.17) is 4.52 Å². The average Bonchev–Trinajstić information content (AvgIpc) is 3.12. The quantitative estimate of drug-likeness (QED) is 0.781. The molecule has 1 saturated heterocycles. The Morgan fingerprint density at radius 3 is 2.85 bits per heavy atom. The summed E-state index contributed by atoms with van der Waals surface area (Å²) in [5.74, 6) is 1.71. The minimum Gasteiger partial charge on any atom is -0.337 e. The molecule has 5 rings (SSSR count). The molecule has 26 heavy (non-hydrogen) atoms. The Kier molecular flexibility index (Phi) is 3.58. The second kappa shape index (κ2) is 6.09. The van der Waals surface area contributed by atoms with Crippen molar-refractivity contribution < 1.29 is 9.32 Å². The first-order valence-electron chi connectivity index (χ1n) is 9.05. The molecule has 2 fully saturated rings. The van der Waals surface area contributed by atoms with Crippen LogP contribution in [0.25, 0.3) is 11.3 Å². The molecule has 1 atom stereocenters. The molecular weight excluding hydrogens is 330 g/mol. The summed E-state index contributed by atoms with van der Waals surface area (Å²) >= 11 is 0. The Balaban J connectivity index is 1.38. The number of hydrogen-bond acceptors (Lipinski definition) is 5. The highest BCUT2D eigenvalue weighted by Crippen LogP contribution is 2.40. The first kappa shape index (κ1) is 15.3. The summed E-state index contributed by atoms with van der Waals surface area (Å²) in [6, 6.07) is 11.5. The third-order valence-corrected chi connectivity index (χ3v) is 5.08. The van der Waals surface area contributed by atoms with E-state index in [1.807, 2.05) is 35.2 Å². The van der Waals surface area contributed by atoms with E-state index in [1.54, 1.807) is 6.07 Å². The fourth-order valence-corrected chi connectivity index (χ4v) is 3.50. The molecule has 1 aromatic carbocycles. The molecular formula is C19H19N5O2. The topological polar surface area (TPSA) is 87.9 Å². The normalized spacial score (nSPS) is 19.8. The van der Waals surface area contributed by atoms with Crippen molar-refractivity contribution in [2.24, 2.45) is 0 Å². The van der Waals surface area contributed by atoms with E-state index in [2.05, 4.69) is 20.3 Å². The minimum atomic E-state index is -0.147. The maximum Gasteiger partial charge on any atom is 0.272 e. The number of aromatic amines is 1. The number of carbonyl (C=O) groups excluding carboxylic acids is 1. The fourth-order valence-electron chi connectivity index (χ4n) is 3.50. The van der Waals surface area contributed by atoms with Crippen molar-refractivity contribution in [1.82, 2.24) is 25.2 Å². The summed E-state index contributed by atoms with van der Waals surface area (Å²) < 4.78 is 5.46. The van der Waals surface area contributed by atoms with Crippen molar-refractivity contribution in [2.75, 3.05) is 6.54 Å². The summed E-state index contributed by atoms with van der Waals surface area (Å²) in [5, 5.41) is 11.3. The fraction of sp³-hybridized carbons (Fsp3) is 0.368. The summed E-state index contributed by atoms with van der Waals surface area (Å²) in [5.41, 5.74) is 2.22. The van der Waals surface area contributed by atoms with Crippen molar-refractivity contribution in [3.05, 3.63) is 53.8 Å². The van der Waals surface area contributed by atoms with Crippen molar-refractivity contribution in [1.29, 1.82) is 0 Å². The Bertz CT molecular complexity index is 928. The maximum absolute atomic E-state index is 13.0. The molecule has 132 valence electrons. The van der Waals surface area contributed by atoms with Crippen LogP contribution in [0.4, 0.5) is 0 Å². The number of H-pyrrole nitrogens is 1. The van der Waals surface area contributed by atoms with Gasteiger partial charge in [-0.3, -0.25) is 9.89 Å². The van der Waals surface area contributed by atoms with Gasteiger partial charge in [-0.2, -0.15) is 10.1 Å². The van der Waals surface area contributed by atoms with E-state index in [1.165, 1.54) is 0 Å². The van der Waals surface area contributed by atoms with Gasteiger partial charge in [-0.15, -0.1) is 0 Å². The number of hydrogen-bond donors (Lipinski definition) is 1. The molecule has 0 spiro atoms. The highest BCUT2D eigenvalue weighted by atomic mass is 16.5. The van der Waals surface area contributed by atoms with Crippen LogP contribution in [0.2, 0.25) is 0 Å². The first-order valence-corrected chi connectivity index (χ1v) is 9.05. The average molecular weight is 349 g/mol. The van der Waals surface area contributed by atoms with Crippen molar-refractivity contribution >= 4 is 5.91 Å². The van der Waals surface area contributed by atoms with E-state index in [0.717, 1.165) is 42.8 Å². The van der Waals surface area contributed by atoms with Crippen molar-refractivity contribution in [2.45, 2.75) is 37.6 Å². The second-order valence-electron chi connectivity index (χ2n) is 6.95. The van der Waals surface area contributed by atoms with E-state index in [-0.39, 0.29) is 11.9 Å². The standard InChI is InChI=1S/C19H19N5O2/c25-19(15-11-14(21-22-15)12-5-2-1-3-6-12)24-10-4-7-16(24)18-20-17(23-26-18)13-8-9-13/h1-3,5-6,11,13,16H,4,7-10H2,(H,21,22). The predicted molar refractivity (Wildman–Crippen MR) is 93.3 cm³/mol. The molecule has 2 aliphatic rings. The van der Waals surface area contributed by atoms with Crippen LogP contribution in [-0.2, 0) is 0 Å². The molecule has 1 amide bonds. The van der Waals surface area contributed by atoms with Crippen molar-refractivity contribution in [3.8, 4) is 11.3 Å². The van der Waals surface area contributed by atoms with Gasteiger partial charge in [0.25, 0.3) is 5.91 Å². The van der Waals surface area contributed by atoms with Crippen LogP contribution >= 0.6 is 0 Å². The summed E-state index contributed by atoms with van der Waals surface area (Å²) in [4.78, 5) is 19.3. The Hall–Kier alpha value is -2.96. The number of nitrogens with zero attached hydrogens (tertiary/aromatic N) is 4. The summed E-state index contributed by atoms with van der Waals surface area (Å²) in [6.45, 7) is 0.685. The van der Waals surface area contributed by atoms with Gasteiger partial charge < -0.3 is 9.42 Å². The SMILES string of the molecule is O=C(c1cc(-c2ccccc2)n[nH]1)N1CCCC1c1nc(C2CC2)no1. The number of likely N-dealkylation sites (tertiary alicyclic amines) is 1. The number of aromatic nitrogens is 4. The number of amides is 1. The number of rotatable bonds is 4. The van der Waals surface area contributed by atoms with Gasteiger partial charge in [0.05, 0.1) is 5.69 Å². The molecule has 1 aliphatic carbocycles.